The number of carbonyl (C=O) groups is 2. The summed E-state index contributed by atoms with van der Waals surface area (Å²) in [6.07, 6.45) is 5.56. The molecule has 2 aliphatic heterocycles. The van der Waals surface area contributed by atoms with Gasteiger partial charge in [0, 0.05) is 23.7 Å². The molecule has 1 aliphatic carbocycles. The van der Waals surface area contributed by atoms with E-state index < -0.39 is 0 Å². The van der Waals surface area contributed by atoms with E-state index in [2.05, 4.69) is 22.3 Å². The normalized spacial score (nSPS) is 33.0. The highest BCUT2D eigenvalue weighted by atomic mass is 32.2. The number of rotatable bonds is 6. The highest BCUT2D eigenvalue weighted by molar-refractivity contribution is 7.99. The molecule has 5 nitrogen and oxygen atoms in total. The van der Waals surface area contributed by atoms with Crippen molar-refractivity contribution in [2.75, 3.05) is 18.8 Å². The van der Waals surface area contributed by atoms with Crippen molar-refractivity contribution in [1.29, 1.82) is 0 Å². The molecule has 2 heterocycles. The van der Waals surface area contributed by atoms with Gasteiger partial charge in [0.1, 0.15) is 11.9 Å². The van der Waals surface area contributed by atoms with Gasteiger partial charge in [-0.15, -0.1) is 11.8 Å². The molecular formula is C22H30N2O3S. The lowest BCUT2D eigenvalue weighted by Crippen LogP contribution is -2.54. The summed E-state index contributed by atoms with van der Waals surface area (Å²) in [5, 5.41) is 2.97. The first-order chi connectivity index (χ1) is 13.6. The number of cyclic esters (lactones) is 1. The molecular weight excluding hydrogens is 372 g/mol. The number of hydrogen-bond acceptors (Lipinski definition) is 5. The number of piperidine rings is 1. The van der Waals surface area contributed by atoms with E-state index in [4.69, 9.17) is 4.74 Å². The van der Waals surface area contributed by atoms with Crippen LogP contribution in [0.25, 0.3) is 0 Å². The maximum absolute atomic E-state index is 12.3. The number of carbonyl (C=O) groups excluding carboxylic acids is 2. The number of nitrogens with one attached hydrogen (secondary N) is 1. The van der Waals surface area contributed by atoms with Crippen LogP contribution >= 0.6 is 11.8 Å². The standard InChI is InChI=1S/C22H30N2O3S/c1-15(25)20-11-16-7-5-6-8-17(16)12-24(20)13-21-19(23-22(26)27-21)14-28-18-9-3-2-4-10-18/h2-4,9-10,16-17,19-21H,5-8,11-14H2,1H3,(H,23,26)/t16-,17+,19-,20-,21+/m0/s1. The summed E-state index contributed by atoms with van der Waals surface area (Å²) in [6.45, 7) is 3.32. The third-order valence-electron chi connectivity index (χ3n) is 6.57. The molecule has 1 aromatic carbocycles. The Hall–Kier alpha value is -1.53. The zero-order valence-electron chi connectivity index (χ0n) is 16.5. The van der Waals surface area contributed by atoms with Gasteiger partial charge in [-0.1, -0.05) is 37.5 Å². The number of thioether (sulfide) groups is 1. The molecule has 3 aliphatic rings. The molecule has 3 fully saturated rings. The second-order valence-corrected chi connectivity index (χ2v) is 9.53. The van der Waals surface area contributed by atoms with Crippen molar-refractivity contribution in [3.05, 3.63) is 30.3 Å². The number of amides is 1. The van der Waals surface area contributed by atoms with E-state index in [-0.39, 0.29) is 30.1 Å². The smallest absolute Gasteiger partial charge is 0.407 e. The third kappa shape index (κ3) is 4.54. The SMILES string of the molecule is CC(=O)[C@@H]1C[C@@H]2CCCC[C@@H]2CN1C[C@H]1OC(=O)N[C@H]1CSc1ccccc1. The van der Waals surface area contributed by atoms with Crippen LogP contribution < -0.4 is 5.32 Å². The Morgan fingerprint density at radius 3 is 2.71 bits per heavy atom. The second kappa shape index (κ2) is 8.87. The van der Waals surface area contributed by atoms with Gasteiger partial charge in [0.05, 0.1) is 12.1 Å². The topological polar surface area (TPSA) is 58.6 Å². The van der Waals surface area contributed by atoms with E-state index in [0.717, 1.165) is 18.7 Å². The lowest BCUT2D eigenvalue weighted by atomic mass is 9.72. The first-order valence-corrected chi connectivity index (χ1v) is 11.5. The van der Waals surface area contributed by atoms with E-state index in [9.17, 15) is 9.59 Å². The number of Topliss-reactive ketones (excluding diaryl/α,β-unsaturated/α-hetero) is 1. The van der Waals surface area contributed by atoms with E-state index in [1.165, 1.54) is 30.6 Å². The van der Waals surface area contributed by atoms with Gasteiger partial charge in [-0.25, -0.2) is 4.79 Å². The fourth-order valence-corrected chi connectivity index (χ4v) is 6.09. The van der Waals surface area contributed by atoms with E-state index in [1.54, 1.807) is 18.7 Å². The first kappa shape index (κ1) is 19.8. The summed E-state index contributed by atoms with van der Waals surface area (Å²) in [7, 11) is 0. The fourth-order valence-electron chi connectivity index (χ4n) is 5.07. The van der Waals surface area contributed by atoms with E-state index in [1.807, 2.05) is 18.2 Å². The number of alkyl carbamates (subject to hydrolysis) is 1. The molecule has 1 aromatic rings. The number of ketones is 1. The summed E-state index contributed by atoms with van der Waals surface area (Å²) in [5.74, 6) is 2.39. The number of hydrogen-bond donors (Lipinski definition) is 1. The largest absolute Gasteiger partial charge is 0.443 e. The van der Waals surface area contributed by atoms with Crippen molar-refractivity contribution in [1.82, 2.24) is 10.2 Å². The van der Waals surface area contributed by atoms with Gasteiger partial charge in [0.2, 0.25) is 0 Å². The molecule has 1 amide bonds. The molecule has 5 atom stereocenters. The summed E-state index contributed by atoms with van der Waals surface area (Å²) in [5.41, 5.74) is 0. The van der Waals surface area contributed by atoms with Gasteiger partial charge in [-0.05, 0) is 43.7 Å². The molecule has 6 heteroatoms. The number of likely N-dealkylation sites (tertiary alicyclic amines) is 1. The van der Waals surface area contributed by atoms with Crippen LogP contribution in [0.15, 0.2) is 35.2 Å². The molecule has 0 aromatic heterocycles. The van der Waals surface area contributed by atoms with Crippen LogP contribution in [0.5, 0.6) is 0 Å². The van der Waals surface area contributed by atoms with Crippen LogP contribution in [0, 0.1) is 11.8 Å². The molecule has 2 saturated heterocycles. The van der Waals surface area contributed by atoms with Crippen LogP contribution in [0.3, 0.4) is 0 Å². The minimum atomic E-state index is -0.337. The molecule has 0 spiro atoms. The van der Waals surface area contributed by atoms with Gasteiger partial charge in [-0.2, -0.15) is 0 Å². The summed E-state index contributed by atoms with van der Waals surface area (Å²) < 4.78 is 5.61. The van der Waals surface area contributed by atoms with Crippen molar-refractivity contribution in [2.24, 2.45) is 11.8 Å². The van der Waals surface area contributed by atoms with E-state index >= 15 is 0 Å². The van der Waals surface area contributed by atoms with Gasteiger partial charge in [0.15, 0.2) is 0 Å². The Labute approximate surface area is 171 Å². The Morgan fingerprint density at radius 2 is 1.96 bits per heavy atom. The van der Waals surface area contributed by atoms with Crippen molar-refractivity contribution in [3.63, 3.8) is 0 Å². The highest BCUT2D eigenvalue weighted by Crippen LogP contribution is 2.39. The minimum Gasteiger partial charge on any atom is -0.443 e. The molecule has 28 heavy (non-hydrogen) atoms. The molecule has 1 saturated carbocycles. The molecule has 4 rings (SSSR count). The Kier molecular flexibility index (Phi) is 6.26. The Balaban J connectivity index is 1.41. The Bertz CT molecular complexity index is 698. The van der Waals surface area contributed by atoms with Crippen LogP contribution in [-0.4, -0.2) is 53.8 Å². The Morgan fingerprint density at radius 1 is 1.21 bits per heavy atom. The lowest BCUT2D eigenvalue weighted by Gasteiger charge is -2.46. The van der Waals surface area contributed by atoms with Gasteiger partial charge in [-0.3, -0.25) is 9.69 Å². The van der Waals surface area contributed by atoms with Gasteiger partial charge < -0.3 is 10.1 Å². The summed E-state index contributed by atoms with van der Waals surface area (Å²) >= 11 is 1.73. The van der Waals surface area contributed by atoms with Gasteiger partial charge >= 0.3 is 6.09 Å². The predicted octanol–water partition coefficient (Wildman–Crippen LogP) is 3.73. The number of fused-ring (bicyclic) bond motifs is 1. The maximum atomic E-state index is 12.3. The van der Waals surface area contributed by atoms with Crippen molar-refractivity contribution in [2.45, 2.75) is 62.1 Å². The molecule has 0 radical (unpaired) electrons. The summed E-state index contributed by atoms with van der Waals surface area (Å²) in [6, 6.07) is 10.2. The number of benzene rings is 1. The monoisotopic (exact) mass is 402 g/mol. The average Bonchev–Trinajstić information content (AvgIpc) is 3.05. The fraction of sp³-hybridized carbons (Fsp3) is 0.636. The first-order valence-electron chi connectivity index (χ1n) is 10.5. The molecule has 0 bridgehead atoms. The summed E-state index contributed by atoms with van der Waals surface area (Å²) in [4.78, 5) is 27.8. The zero-order valence-corrected chi connectivity index (χ0v) is 17.3. The number of ether oxygens (including phenoxy) is 1. The maximum Gasteiger partial charge on any atom is 0.407 e. The zero-order chi connectivity index (χ0) is 19.5. The van der Waals surface area contributed by atoms with Gasteiger partial charge in [0.25, 0.3) is 0 Å². The van der Waals surface area contributed by atoms with Crippen molar-refractivity contribution >= 4 is 23.6 Å². The van der Waals surface area contributed by atoms with Crippen LogP contribution in [0.4, 0.5) is 4.79 Å². The number of nitrogens with zero attached hydrogens (tertiary/aromatic N) is 1. The predicted molar refractivity (Wildman–Crippen MR) is 110 cm³/mol. The second-order valence-electron chi connectivity index (χ2n) is 8.44. The third-order valence-corrected chi connectivity index (χ3v) is 7.70. The minimum absolute atomic E-state index is 0.0268. The molecule has 1 N–H and O–H groups in total. The quantitative estimate of drug-likeness (QED) is 0.735. The van der Waals surface area contributed by atoms with E-state index in [0.29, 0.717) is 18.4 Å². The van der Waals surface area contributed by atoms with Crippen LogP contribution in [0.1, 0.15) is 39.0 Å². The average molecular weight is 403 g/mol. The molecule has 152 valence electrons. The van der Waals surface area contributed by atoms with Crippen molar-refractivity contribution < 1.29 is 14.3 Å². The molecule has 0 unspecified atom stereocenters. The highest BCUT2D eigenvalue weighted by Gasteiger charge is 2.42. The lowest BCUT2D eigenvalue weighted by molar-refractivity contribution is -0.126. The van der Waals surface area contributed by atoms with Crippen molar-refractivity contribution in [3.8, 4) is 0 Å². The van der Waals surface area contributed by atoms with Crippen LogP contribution in [-0.2, 0) is 9.53 Å². The van der Waals surface area contributed by atoms with Crippen LogP contribution in [0.2, 0.25) is 0 Å².